The Hall–Kier alpha value is -1.30. The molecule has 6 heteroatoms. The summed E-state index contributed by atoms with van der Waals surface area (Å²) >= 11 is 1.27. The zero-order chi connectivity index (χ0) is 12.1. The number of hydrogen-bond acceptors (Lipinski definition) is 5. The number of nitrogens with two attached hydrogens (primary N) is 1. The fourth-order valence-electron chi connectivity index (χ4n) is 1.16. The molecule has 0 aliphatic carbocycles. The van der Waals surface area contributed by atoms with E-state index in [-0.39, 0.29) is 11.7 Å². The second-order valence-corrected chi connectivity index (χ2v) is 4.92. The van der Waals surface area contributed by atoms with Gasteiger partial charge in [0.2, 0.25) is 0 Å². The van der Waals surface area contributed by atoms with Crippen molar-refractivity contribution in [2.24, 2.45) is 5.92 Å². The first kappa shape index (κ1) is 12.8. The van der Waals surface area contributed by atoms with Gasteiger partial charge in [0.05, 0.1) is 0 Å². The molecule has 0 aliphatic rings. The maximum atomic E-state index is 11.7. The summed E-state index contributed by atoms with van der Waals surface area (Å²) in [7, 11) is 1.75. The molecule has 90 valence electrons. The maximum Gasteiger partial charge on any atom is 0.265 e. The molecule has 0 saturated carbocycles. The van der Waals surface area contributed by atoms with Gasteiger partial charge < -0.3 is 16.4 Å². The van der Waals surface area contributed by atoms with Crippen LogP contribution in [0.5, 0.6) is 0 Å². The standard InChI is InChI=1S/C10H18N4OS/c1-6(2)4-5-13-9(15)7-8(11)14-10(12-3)16-7/h6H,4-5,11H2,1-3H3,(H,12,14)(H,13,15). The summed E-state index contributed by atoms with van der Waals surface area (Å²) in [5, 5.41) is 6.36. The van der Waals surface area contributed by atoms with Crippen LogP contribution in [0.4, 0.5) is 10.9 Å². The minimum absolute atomic E-state index is 0.142. The number of nitrogens with one attached hydrogen (secondary N) is 2. The van der Waals surface area contributed by atoms with Crippen molar-refractivity contribution in [3.8, 4) is 0 Å². The van der Waals surface area contributed by atoms with E-state index >= 15 is 0 Å². The Morgan fingerprint density at radius 2 is 2.25 bits per heavy atom. The second-order valence-electron chi connectivity index (χ2n) is 3.92. The largest absolute Gasteiger partial charge is 0.382 e. The molecule has 0 fully saturated rings. The van der Waals surface area contributed by atoms with Gasteiger partial charge in [0.1, 0.15) is 10.7 Å². The third kappa shape index (κ3) is 3.37. The van der Waals surface area contributed by atoms with Crippen LogP contribution in [0.25, 0.3) is 0 Å². The average molecular weight is 242 g/mol. The van der Waals surface area contributed by atoms with Crippen molar-refractivity contribution in [1.29, 1.82) is 0 Å². The van der Waals surface area contributed by atoms with Gasteiger partial charge in [-0.25, -0.2) is 4.98 Å². The molecule has 1 aromatic heterocycles. The van der Waals surface area contributed by atoms with E-state index in [1.807, 2.05) is 0 Å². The first-order valence-electron chi connectivity index (χ1n) is 5.26. The highest BCUT2D eigenvalue weighted by molar-refractivity contribution is 7.18. The maximum absolute atomic E-state index is 11.7. The molecule has 0 spiro atoms. The van der Waals surface area contributed by atoms with Crippen molar-refractivity contribution in [3.05, 3.63) is 4.88 Å². The normalized spacial score (nSPS) is 10.5. The van der Waals surface area contributed by atoms with Gasteiger partial charge in [0.25, 0.3) is 5.91 Å². The SMILES string of the molecule is CNc1nc(N)c(C(=O)NCCC(C)C)s1. The number of carbonyl (C=O) groups excluding carboxylic acids is 1. The molecule has 1 amide bonds. The molecule has 0 bridgehead atoms. The lowest BCUT2D eigenvalue weighted by Crippen LogP contribution is -2.25. The Labute approximate surface area is 99.4 Å². The molecule has 0 radical (unpaired) electrons. The van der Waals surface area contributed by atoms with Gasteiger partial charge in [0, 0.05) is 13.6 Å². The summed E-state index contributed by atoms with van der Waals surface area (Å²) in [5.74, 6) is 0.723. The van der Waals surface area contributed by atoms with E-state index in [2.05, 4.69) is 29.5 Å². The van der Waals surface area contributed by atoms with Crippen LogP contribution in [0.1, 0.15) is 29.9 Å². The Morgan fingerprint density at radius 1 is 1.56 bits per heavy atom. The van der Waals surface area contributed by atoms with Crippen molar-refractivity contribution in [1.82, 2.24) is 10.3 Å². The van der Waals surface area contributed by atoms with Crippen LogP contribution in [-0.2, 0) is 0 Å². The fourth-order valence-corrected chi connectivity index (χ4v) is 1.91. The lowest BCUT2D eigenvalue weighted by atomic mass is 10.1. The lowest BCUT2D eigenvalue weighted by molar-refractivity contribution is 0.0956. The summed E-state index contributed by atoms with van der Waals surface area (Å²) in [4.78, 5) is 16.2. The fraction of sp³-hybridized carbons (Fsp3) is 0.600. The summed E-state index contributed by atoms with van der Waals surface area (Å²) in [6, 6.07) is 0. The number of amides is 1. The number of aromatic nitrogens is 1. The van der Waals surface area contributed by atoms with Gasteiger partial charge in [-0.3, -0.25) is 4.79 Å². The number of hydrogen-bond donors (Lipinski definition) is 3. The topological polar surface area (TPSA) is 80.0 Å². The van der Waals surface area contributed by atoms with Crippen LogP contribution in [0.2, 0.25) is 0 Å². The van der Waals surface area contributed by atoms with Crippen molar-refractivity contribution < 1.29 is 4.79 Å². The van der Waals surface area contributed by atoms with E-state index in [0.717, 1.165) is 6.42 Å². The summed E-state index contributed by atoms with van der Waals surface area (Å²) in [5.41, 5.74) is 5.65. The highest BCUT2D eigenvalue weighted by Crippen LogP contribution is 2.24. The summed E-state index contributed by atoms with van der Waals surface area (Å²) < 4.78 is 0. The highest BCUT2D eigenvalue weighted by atomic mass is 32.1. The van der Waals surface area contributed by atoms with E-state index in [4.69, 9.17) is 5.73 Å². The van der Waals surface area contributed by atoms with Gasteiger partial charge >= 0.3 is 0 Å². The van der Waals surface area contributed by atoms with Crippen LogP contribution < -0.4 is 16.4 Å². The van der Waals surface area contributed by atoms with E-state index in [1.165, 1.54) is 11.3 Å². The Balaban J connectivity index is 2.55. The molecular formula is C10H18N4OS. The molecule has 0 atom stereocenters. The molecule has 0 aliphatic heterocycles. The molecule has 1 heterocycles. The van der Waals surface area contributed by atoms with Crippen molar-refractivity contribution in [2.45, 2.75) is 20.3 Å². The number of thiazole rings is 1. The van der Waals surface area contributed by atoms with Crippen LogP contribution in [0.15, 0.2) is 0 Å². The molecule has 4 N–H and O–H groups in total. The van der Waals surface area contributed by atoms with Crippen LogP contribution in [0, 0.1) is 5.92 Å². The molecule has 0 saturated heterocycles. The van der Waals surface area contributed by atoms with E-state index in [1.54, 1.807) is 7.05 Å². The van der Waals surface area contributed by atoms with E-state index in [0.29, 0.717) is 22.5 Å². The van der Waals surface area contributed by atoms with Crippen LogP contribution in [0.3, 0.4) is 0 Å². The van der Waals surface area contributed by atoms with Crippen LogP contribution in [-0.4, -0.2) is 24.5 Å². The summed E-state index contributed by atoms with van der Waals surface area (Å²) in [6.07, 6.45) is 0.962. The van der Waals surface area contributed by atoms with Crippen molar-refractivity contribution >= 4 is 28.2 Å². The van der Waals surface area contributed by atoms with Gasteiger partial charge in [-0.05, 0) is 12.3 Å². The molecule has 1 aromatic rings. The summed E-state index contributed by atoms with van der Waals surface area (Å²) in [6.45, 7) is 4.90. The number of nitrogen functional groups attached to an aromatic ring is 1. The average Bonchev–Trinajstić information content (AvgIpc) is 2.59. The first-order chi connectivity index (χ1) is 7.54. The van der Waals surface area contributed by atoms with E-state index in [9.17, 15) is 4.79 Å². The number of rotatable bonds is 5. The van der Waals surface area contributed by atoms with Crippen molar-refractivity contribution in [3.63, 3.8) is 0 Å². The molecule has 0 unspecified atom stereocenters. The highest BCUT2D eigenvalue weighted by Gasteiger charge is 2.15. The number of nitrogens with zero attached hydrogens (tertiary/aromatic N) is 1. The monoisotopic (exact) mass is 242 g/mol. The Bertz CT molecular complexity index is 362. The van der Waals surface area contributed by atoms with Crippen molar-refractivity contribution in [2.75, 3.05) is 24.6 Å². The molecule has 1 rings (SSSR count). The minimum atomic E-state index is -0.142. The van der Waals surface area contributed by atoms with E-state index < -0.39 is 0 Å². The predicted octanol–water partition coefficient (Wildman–Crippen LogP) is 1.54. The smallest absolute Gasteiger partial charge is 0.265 e. The zero-order valence-corrected chi connectivity index (χ0v) is 10.6. The van der Waals surface area contributed by atoms with Gasteiger partial charge in [-0.2, -0.15) is 0 Å². The lowest BCUT2D eigenvalue weighted by Gasteiger charge is -2.05. The van der Waals surface area contributed by atoms with Crippen LogP contribution >= 0.6 is 11.3 Å². The Kier molecular flexibility index (Phi) is 4.54. The van der Waals surface area contributed by atoms with Gasteiger partial charge in [-0.1, -0.05) is 25.2 Å². The first-order valence-corrected chi connectivity index (χ1v) is 6.08. The zero-order valence-electron chi connectivity index (χ0n) is 9.83. The molecule has 16 heavy (non-hydrogen) atoms. The minimum Gasteiger partial charge on any atom is -0.382 e. The van der Waals surface area contributed by atoms with Gasteiger partial charge in [-0.15, -0.1) is 0 Å². The molecular weight excluding hydrogens is 224 g/mol. The quantitative estimate of drug-likeness (QED) is 0.731. The third-order valence-electron chi connectivity index (χ3n) is 2.08. The Morgan fingerprint density at radius 3 is 2.75 bits per heavy atom. The third-order valence-corrected chi connectivity index (χ3v) is 3.17. The molecule has 0 aromatic carbocycles. The second kappa shape index (κ2) is 5.69. The number of anilines is 2. The predicted molar refractivity (Wildman–Crippen MR) is 67.9 cm³/mol. The number of carbonyl (C=O) groups is 1. The molecule has 5 nitrogen and oxygen atoms in total. The van der Waals surface area contributed by atoms with Gasteiger partial charge in [0.15, 0.2) is 5.13 Å².